The molecule has 5 aromatic rings. The molecule has 1 unspecified atom stereocenters. The number of hydrogen-bond acceptors (Lipinski definition) is 6. The lowest BCUT2D eigenvalue weighted by Crippen LogP contribution is -2.37. The summed E-state index contributed by atoms with van der Waals surface area (Å²) >= 11 is 3.53. The van der Waals surface area contributed by atoms with Crippen LogP contribution in [-0.2, 0) is 25.9 Å². The molecule has 0 spiro atoms. The van der Waals surface area contributed by atoms with Gasteiger partial charge in [-0.25, -0.2) is 0 Å². The van der Waals surface area contributed by atoms with E-state index in [0.717, 1.165) is 74.2 Å². The standard InChI is InChI=1S/C25H31NO2.C24H35NO.C6H6.C6H14.CH4S/c1-19-7-6-10-21(15-19)13-14-26-17-24(27)23-11-12-25(20(2)16-23)28-18-22-8-4-3-5-9-22;1-6-21-14-15-24(26-18-22-11-8-7-9-12-22)23(17-21)13-10-16-25(19(2)3)20(4)5;1-2-4-6-5-3-1;1-5-6(2,3)4;1-2/h4,6-12,15-16,24,26-27H,3,5,13-14,17-18H2,1-2H3;7-9,11-12,14-15,17,19-20H,6,10,13,16,18H2,1-5H3;1-6H;5H2,1-4H3;2H,1H3. The van der Waals surface area contributed by atoms with Crippen LogP contribution in [0.25, 0.3) is 0 Å². The summed E-state index contributed by atoms with van der Waals surface area (Å²) in [6.45, 7) is 28.2. The van der Waals surface area contributed by atoms with Gasteiger partial charge in [-0.3, -0.25) is 4.90 Å². The van der Waals surface area contributed by atoms with E-state index in [2.05, 4.69) is 177 Å². The first kappa shape index (κ1) is 59.5. The molecular formula is C62H90N2O3S. The maximum atomic E-state index is 10.5. The largest absolute Gasteiger partial charge is 0.489 e. The van der Waals surface area contributed by atoms with Gasteiger partial charge in [0.25, 0.3) is 0 Å². The molecule has 0 fully saturated rings. The van der Waals surface area contributed by atoms with E-state index in [0.29, 0.717) is 37.3 Å². The summed E-state index contributed by atoms with van der Waals surface area (Å²) in [6.07, 6.45) is 15.5. The van der Waals surface area contributed by atoms with Crippen molar-refractivity contribution in [3.63, 3.8) is 0 Å². The lowest BCUT2D eigenvalue weighted by molar-refractivity contribution is 0.173. The minimum atomic E-state index is -0.519. The number of ether oxygens (including phenoxy) is 2. The van der Waals surface area contributed by atoms with E-state index in [1.165, 1.54) is 39.8 Å². The van der Waals surface area contributed by atoms with Gasteiger partial charge in [0, 0.05) is 18.6 Å². The fraction of sp³-hybridized carbons (Fsp3) is 0.452. The molecule has 0 heterocycles. The second kappa shape index (κ2) is 34.7. The van der Waals surface area contributed by atoms with E-state index in [1.54, 1.807) is 6.26 Å². The van der Waals surface area contributed by atoms with Crippen molar-refractivity contribution >= 4 is 12.6 Å². The van der Waals surface area contributed by atoms with Gasteiger partial charge >= 0.3 is 0 Å². The highest BCUT2D eigenvalue weighted by Crippen LogP contribution is 2.26. The van der Waals surface area contributed by atoms with Crippen LogP contribution in [0.5, 0.6) is 11.5 Å². The Morgan fingerprint density at radius 2 is 1.28 bits per heavy atom. The molecular weight excluding hydrogens is 853 g/mol. The maximum absolute atomic E-state index is 10.5. The Morgan fingerprint density at radius 1 is 0.676 bits per heavy atom. The highest BCUT2D eigenvalue weighted by molar-refractivity contribution is 7.79. The molecule has 5 aromatic carbocycles. The van der Waals surface area contributed by atoms with Gasteiger partial charge in [-0.2, -0.15) is 12.6 Å². The van der Waals surface area contributed by atoms with Crippen molar-refractivity contribution in [2.45, 2.75) is 146 Å². The quantitative estimate of drug-likeness (QED) is 0.0569. The topological polar surface area (TPSA) is 54.0 Å². The van der Waals surface area contributed by atoms with Crippen molar-refractivity contribution in [3.8, 4) is 11.5 Å². The molecule has 372 valence electrons. The van der Waals surface area contributed by atoms with E-state index in [4.69, 9.17) is 9.47 Å². The Labute approximate surface area is 420 Å². The number of aliphatic hydroxyl groups is 1. The van der Waals surface area contributed by atoms with Crippen LogP contribution in [0, 0.1) is 19.3 Å². The molecule has 1 aliphatic rings. The zero-order valence-corrected chi connectivity index (χ0v) is 45.1. The van der Waals surface area contributed by atoms with Crippen LogP contribution in [0.2, 0.25) is 0 Å². The smallest absolute Gasteiger partial charge is 0.123 e. The van der Waals surface area contributed by atoms with Crippen LogP contribution < -0.4 is 14.8 Å². The molecule has 0 aromatic heterocycles. The zero-order valence-electron chi connectivity index (χ0n) is 44.2. The predicted octanol–water partition coefficient (Wildman–Crippen LogP) is 15.4. The molecule has 6 rings (SSSR count). The van der Waals surface area contributed by atoms with E-state index < -0.39 is 6.10 Å². The van der Waals surface area contributed by atoms with Crippen LogP contribution in [0.3, 0.4) is 0 Å². The number of aliphatic hydroxyl groups excluding tert-OH is 1. The van der Waals surface area contributed by atoms with Crippen LogP contribution in [-0.4, -0.2) is 54.6 Å². The van der Waals surface area contributed by atoms with Crippen molar-refractivity contribution in [2.75, 3.05) is 32.5 Å². The van der Waals surface area contributed by atoms with Gasteiger partial charge in [-0.15, -0.1) is 0 Å². The number of nitrogens with one attached hydrogen (secondary N) is 1. The van der Waals surface area contributed by atoms with Crippen molar-refractivity contribution in [1.82, 2.24) is 10.2 Å². The second-order valence-electron chi connectivity index (χ2n) is 19.2. The van der Waals surface area contributed by atoms with E-state index in [-0.39, 0.29) is 0 Å². The molecule has 1 atom stereocenters. The number of thiol groups is 1. The minimum absolute atomic E-state index is 0.519. The monoisotopic (exact) mass is 943 g/mol. The molecule has 68 heavy (non-hydrogen) atoms. The number of nitrogens with zero attached hydrogens (tertiary/aromatic N) is 1. The van der Waals surface area contributed by atoms with Crippen LogP contribution in [0.15, 0.2) is 151 Å². The molecule has 1 aliphatic carbocycles. The third kappa shape index (κ3) is 25.7. The summed E-state index contributed by atoms with van der Waals surface area (Å²) in [5, 5.41) is 13.8. The van der Waals surface area contributed by atoms with Crippen LogP contribution in [0.4, 0.5) is 0 Å². The molecule has 5 nitrogen and oxygen atoms in total. The molecule has 0 amide bonds. The minimum Gasteiger partial charge on any atom is -0.489 e. The number of hydrogen-bond donors (Lipinski definition) is 3. The first-order valence-electron chi connectivity index (χ1n) is 25.2. The van der Waals surface area contributed by atoms with Crippen LogP contribution in [0.1, 0.15) is 133 Å². The average molecular weight is 943 g/mol. The van der Waals surface area contributed by atoms with Crippen molar-refractivity contribution < 1.29 is 14.6 Å². The summed E-state index contributed by atoms with van der Waals surface area (Å²) in [5.41, 5.74) is 10.3. The zero-order chi connectivity index (χ0) is 50.2. The molecule has 2 N–H and O–H groups in total. The Bertz CT molecular complexity index is 2070. The molecule has 0 aliphatic heterocycles. The number of aryl methyl sites for hydroxylation is 4. The van der Waals surface area contributed by atoms with E-state index in [9.17, 15) is 5.11 Å². The SMILES string of the molecule is CCC(C)(C)C.CCc1ccc(OCc2ccccc2)c(CCCN(C(C)C)C(C)C)c1.CS.Cc1cccc(CCNCC(O)c2ccc(OCC3=CCCC=C3)c(C)c2)c1.c1ccccc1. The molecule has 0 radical (unpaired) electrons. The molecule has 0 saturated heterocycles. The van der Waals surface area contributed by atoms with Gasteiger partial charge in [0.05, 0.1) is 6.10 Å². The summed E-state index contributed by atoms with van der Waals surface area (Å²) in [6, 6.07) is 44.7. The first-order valence-corrected chi connectivity index (χ1v) is 26.1. The fourth-order valence-corrected chi connectivity index (χ4v) is 7.31. The lowest BCUT2D eigenvalue weighted by atomic mass is 9.94. The third-order valence-corrected chi connectivity index (χ3v) is 11.7. The predicted molar refractivity (Wildman–Crippen MR) is 299 cm³/mol. The van der Waals surface area contributed by atoms with Crippen molar-refractivity contribution in [2.24, 2.45) is 5.41 Å². The number of rotatable bonds is 19. The van der Waals surface area contributed by atoms with E-state index in [1.807, 2.05) is 67.6 Å². The Morgan fingerprint density at radius 3 is 1.84 bits per heavy atom. The summed E-state index contributed by atoms with van der Waals surface area (Å²) in [7, 11) is 0. The lowest BCUT2D eigenvalue weighted by Gasteiger charge is -2.30. The van der Waals surface area contributed by atoms with Crippen molar-refractivity contribution in [3.05, 3.63) is 190 Å². The molecule has 0 saturated carbocycles. The summed E-state index contributed by atoms with van der Waals surface area (Å²) < 4.78 is 12.1. The first-order chi connectivity index (χ1) is 32.7. The molecule has 0 bridgehead atoms. The van der Waals surface area contributed by atoms with Crippen molar-refractivity contribution in [1.29, 1.82) is 0 Å². The van der Waals surface area contributed by atoms with Gasteiger partial charge < -0.3 is 19.9 Å². The van der Waals surface area contributed by atoms with E-state index >= 15 is 0 Å². The highest BCUT2D eigenvalue weighted by Gasteiger charge is 2.14. The average Bonchev–Trinajstić information content (AvgIpc) is 3.35. The number of benzene rings is 5. The highest BCUT2D eigenvalue weighted by atomic mass is 32.1. The number of allylic oxidation sites excluding steroid dienone is 2. The van der Waals surface area contributed by atoms with Gasteiger partial charge in [0.15, 0.2) is 0 Å². The van der Waals surface area contributed by atoms with Gasteiger partial charge in [-0.1, -0.05) is 174 Å². The maximum Gasteiger partial charge on any atom is 0.123 e. The fourth-order valence-electron chi connectivity index (χ4n) is 7.31. The Hall–Kier alpha value is -4.59. The van der Waals surface area contributed by atoms with Gasteiger partial charge in [-0.05, 0) is 162 Å². The summed E-state index contributed by atoms with van der Waals surface area (Å²) in [5.74, 6) is 1.91. The molecule has 6 heteroatoms. The Kier molecular flexibility index (Phi) is 30.3. The normalized spacial score (nSPS) is 12.3. The van der Waals surface area contributed by atoms with Gasteiger partial charge in [0.2, 0.25) is 0 Å². The van der Waals surface area contributed by atoms with Gasteiger partial charge in [0.1, 0.15) is 24.7 Å². The second-order valence-corrected chi connectivity index (χ2v) is 19.2. The third-order valence-electron chi connectivity index (χ3n) is 11.7. The van der Waals surface area contributed by atoms with Crippen LogP contribution >= 0.6 is 12.6 Å². The summed E-state index contributed by atoms with van der Waals surface area (Å²) in [4.78, 5) is 2.56. The Balaban J connectivity index is 0.000000365.